The molecule has 1 aromatic rings. The van der Waals surface area contributed by atoms with E-state index in [-0.39, 0.29) is 0 Å². The van der Waals surface area contributed by atoms with Crippen molar-refractivity contribution in [3.05, 3.63) is 15.6 Å². The second-order valence-electron chi connectivity index (χ2n) is 5.63. The van der Waals surface area contributed by atoms with Crippen LogP contribution in [0, 0.1) is 13.8 Å². The summed E-state index contributed by atoms with van der Waals surface area (Å²) in [6, 6.07) is 1.46. The maximum absolute atomic E-state index is 5.56. The molecular formula is C14H22N2OS. The number of ether oxygens (including phenoxy) is 1. The van der Waals surface area contributed by atoms with Gasteiger partial charge in [0.05, 0.1) is 16.8 Å². The highest BCUT2D eigenvalue weighted by Gasteiger charge is 2.40. The van der Waals surface area contributed by atoms with Crippen molar-refractivity contribution in [3.8, 4) is 0 Å². The number of thiazole rings is 1. The van der Waals surface area contributed by atoms with Gasteiger partial charge in [-0.3, -0.25) is 4.90 Å². The van der Waals surface area contributed by atoms with E-state index in [1.165, 1.54) is 41.3 Å². The summed E-state index contributed by atoms with van der Waals surface area (Å²) in [6.45, 7) is 5.35. The third kappa shape index (κ3) is 2.22. The Morgan fingerprint density at radius 1 is 1.28 bits per heavy atom. The normalized spacial score (nSPS) is 32.1. The van der Waals surface area contributed by atoms with Crippen LogP contribution in [-0.4, -0.2) is 35.2 Å². The van der Waals surface area contributed by atoms with Crippen molar-refractivity contribution in [2.75, 3.05) is 7.11 Å². The maximum Gasteiger partial charge on any atom is 0.0900 e. The van der Waals surface area contributed by atoms with E-state index < -0.39 is 0 Å². The molecule has 0 N–H and O–H groups in total. The molecule has 0 spiro atoms. The Labute approximate surface area is 113 Å². The lowest BCUT2D eigenvalue weighted by molar-refractivity contribution is 0.00283. The van der Waals surface area contributed by atoms with Crippen molar-refractivity contribution in [2.45, 2.75) is 64.3 Å². The van der Waals surface area contributed by atoms with Crippen LogP contribution in [-0.2, 0) is 11.3 Å². The van der Waals surface area contributed by atoms with Gasteiger partial charge in [0, 0.05) is 30.6 Å². The summed E-state index contributed by atoms with van der Waals surface area (Å²) in [4.78, 5) is 8.71. The predicted molar refractivity (Wildman–Crippen MR) is 74.0 cm³/mol. The highest BCUT2D eigenvalue weighted by molar-refractivity contribution is 7.11. The zero-order valence-electron chi connectivity index (χ0n) is 11.5. The lowest BCUT2D eigenvalue weighted by Crippen LogP contribution is -2.44. The van der Waals surface area contributed by atoms with E-state index in [2.05, 4.69) is 23.7 Å². The largest absolute Gasteiger partial charge is 0.381 e. The van der Waals surface area contributed by atoms with Gasteiger partial charge in [-0.25, -0.2) is 4.98 Å². The molecule has 2 aliphatic rings. The van der Waals surface area contributed by atoms with Crippen molar-refractivity contribution >= 4 is 11.3 Å². The average Bonchev–Trinajstić information content (AvgIpc) is 2.77. The van der Waals surface area contributed by atoms with E-state index in [9.17, 15) is 0 Å². The molecule has 0 amide bonds. The summed E-state index contributed by atoms with van der Waals surface area (Å²) in [5.41, 5.74) is 1.23. The average molecular weight is 266 g/mol. The van der Waals surface area contributed by atoms with Crippen molar-refractivity contribution in [1.82, 2.24) is 9.88 Å². The fourth-order valence-electron chi connectivity index (χ4n) is 3.56. The number of nitrogens with zero attached hydrogens (tertiary/aromatic N) is 2. The van der Waals surface area contributed by atoms with E-state index in [1.807, 2.05) is 18.4 Å². The number of hydrogen-bond acceptors (Lipinski definition) is 4. The van der Waals surface area contributed by atoms with E-state index in [0.29, 0.717) is 6.10 Å². The van der Waals surface area contributed by atoms with Gasteiger partial charge in [0.1, 0.15) is 0 Å². The molecule has 4 heteroatoms. The molecular weight excluding hydrogens is 244 g/mol. The van der Waals surface area contributed by atoms with Crippen LogP contribution in [0.5, 0.6) is 0 Å². The number of fused-ring (bicyclic) bond motifs is 2. The van der Waals surface area contributed by atoms with Gasteiger partial charge in [-0.05, 0) is 39.5 Å². The molecule has 3 nitrogen and oxygen atoms in total. The Kier molecular flexibility index (Phi) is 3.43. The minimum absolute atomic E-state index is 0.489. The molecule has 0 aliphatic carbocycles. The summed E-state index contributed by atoms with van der Waals surface area (Å²) in [7, 11) is 1.86. The van der Waals surface area contributed by atoms with Crippen LogP contribution in [0.25, 0.3) is 0 Å². The van der Waals surface area contributed by atoms with Crippen LogP contribution in [0.1, 0.15) is 41.3 Å². The number of piperidine rings is 1. The Balaban J connectivity index is 1.73. The topological polar surface area (TPSA) is 25.4 Å². The van der Waals surface area contributed by atoms with Crippen LogP contribution in [0.15, 0.2) is 0 Å². The molecule has 0 aromatic carbocycles. The first-order chi connectivity index (χ1) is 8.67. The Hall–Kier alpha value is -0.450. The molecule has 2 atom stereocenters. The van der Waals surface area contributed by atoms with E-state index in [4.69, 9.17) is 4.74 Å². The zero-order valence-corrected chi connectivity index (χ0v) is 12.3. The smallest absolute Gasteiger partial charge is 0.0900 e. The van der Waals surface area contributed by atoms with E-state index >= 15 is 0 Å². The Morgan fingerprint density at radius 3 is 2.44 bits per heavy atom. The molecule has 2 unspecified atom stereocenters. The molecule has 18 heavy (non-hydrogen) atoms. The van der Waals surface area contributed by atoms with E-state index in [1.54, 1.807) is 0 Å². The lowest BCUT2D eigenvalue weighted by atomic mass is 9.99. The highest BCUT2D eigenvalue weighted by Crippen LogP contribution is 2.38. The zero-order chi connectivity index (χ0) is 12.7. The van der Waals surface area contributed by atoms with Crippen LogP contribution >= 0.6 is 11.3 Å². The summed E-state index contributed by atoms with van der Waals surface area (Å²) in [5.74, 6) is 0. The fourth-order valence-corrected chi connectivity index (χ4v) is 4.51. The highest BCUT2D eigenvalue weighted by atomic mass is 32.1. The summed E-state index contributed by atoms with van der Waals surface area (Å²) in [6.07, 6.45) is 5.61. The second kappa shape index (κ2) is 4.91. The van der Waals surface area contributed by atoms with Gasteiger partial charge in [0.2, 0.25) is 0 Å². The van der Waals surface area contributed by atoms with Crippen LogP contribution in [0.4, 0.5) is 0 Å². The quantitative estimate of drug-likeness (QED) is 0.841. The Bertz CT molecular complexity index is 417. The van der Waals surface area contributed by atoms with Crippen LogP contribution in [0.2, 0.25) is 0 Å². The third-order valence-corrected chi connectivity index (χ3v) is 5.56. The van der Waals surface area contributed by atoms with Crippen LogP contribution in [0.3, 0.4) is 0 Å². The monoisotopic (exact) mass is 266 g/mol. The standard InChI is InChI=1S/C14H22N2OS/c1-9-14(18-10(2)15-9)8-16-11-4-5-12(16)7-13(6-11)17-3/h11-13H,4-8H2,1-3H3. The molecule has 2 saturated heterocycles. The second-order valence-corrected chi connectivity index (χ2v) is 6.92. The van der Waals surface area contributed by atoms with Gasteiger partial charge < -0.3 is 4.74 Å². The van der Waals surface area contributed by atoms with Crippen molar-refractivity contribution in [2.24, 2.45) is 0 Å². The van der Waals surface area contributed by atoms with Crippen molar-refractivity contribution in [3.63, 3.8) is 0 Å². The first-order valence-electron chi connectivity index (χ1n) is 6.89. The number of aryl methyl sites for hydroxylation is 2. The minimum Gasteiger partial charge on any atom is -0.381 e. The van der Waals surface area contributed by atoms with Gasteiger partial charge in [-0.15, -0.1) is 11.3 Å². The van der Waals surface area contributed by atoms with Gasteiger partial charge in [0.15, 0.2) is 0 Å². The fraction of sp³-hybridized carbons (Fsp3) is 0.786. The van der Waals surface area contributed by atoms with Crippen molar-refractivity contribution in [1.29, 1.82) is 0 Å². The first kappa shape index (κ1) is 12.6. The molecule has 2 bridgehead atoms. The van der Waals surface area contributed by atoms with Gasteiger partial charge in [-0.2, -0.15) is 0 Å². The van der Waals surface area contributed by atoms with Crippen molar-refractivity contribution < 1.29 is 4.74 Å². The third-order valence-electron chi connectivity index (χ3n) is 4.50. The summed E-state index contributed by atoms with van der Waals surface area (Å²) >= 11 is 1.86. The molecule has 2 fully saturated rings. The molecule has 0 saturated carbocycles. The number of aromatic nitrogens is 1. The van der Waals surface area contributed by atoms with Gasteiger partial charge >= 0.3 is 0 Å². The predicted octanol–water partition coefficient (Wildman–Crippen LogP) is 2.90. The SMILES string of the molecule is COC1CC2CCC(C1)N2Cc1sc(C)nc1C. The molecule has 3 rings (SSSR count). The first-order valence-corrected chi connectivity index (χ1v) is 7.70. The number of rotatable bonds is 3. The molecule has 100 valence electrons. The van der Waals surface area contributed by atoms with Gasteiger partial charge in [-0.1, -0.05) is 0 Å². The number of methoxy groups -OCH3 is 1. The summed E-state index contributed by atoms with van der Waals surface area (Å²) < 4.78 is 5.56. The lowest BCUT2D eigenvalue weighted by Gasteiger charge is -2.38. The summed E-state index contributed by atoms with van der Waals surface area (Å²) in [5, 5.41) is 1.20. The van der Waals surface area contributed by atoms with Crippen LogP contribution < -0.4 is 0 Å². The number of hydrogen-bond donors (Lipinski definition) is 0. The maximum atomic E-state index is 5.56. The molecule has 0 radical (unpaired) electrons. The molecule has 2 aliphatic heterocycles. The van der Waals surface area contributed by atoms with E-state index in [0.717, 1.165) is 18.6 Å². The molecule has 3 heterocycles. The van der Waals surface area contributed by atoms with Gasteiger partial charge in [0.25, 0.3) is 0 Å². The Morgan fingerprint density at radius 2 is 1.94 bits per heavy atom. The minimum atomic E-state index is 0.489. The molecule has 1 aromatic heterocycles.